The maximum absolute atomic E-state index is 11.9. The zero-order chi connectivity index (χ0) is 19.7. The number of nitrogens with two attached hydrogens (primary N) is 1. The third-order valence-electron chi connectivity index (χ3n) is 3.97. The first-order chi connectivity index (χ1) is 12.9. The summed E-state index contributed by atoms with van der Waals surface area (Å²) in [6.07, 6.45) is 5.54. The van der Waals surface area contributed by atoms with E-state index in [4.69, 9.17) is 10.5 Å². The normalized spacial score (nSPS) is 11.2. The molecule has 0 heterocycles. The van der Waals surface area contributed by atoms with Gasteiger partial charge in [-0.2, -0.15) is 0 Å². The van der Waals surface area contributed by atoms with Gasteiger partial charge in [0.1, 0.15) is 11.5 Å². The molecule has 2 aromatic rings. The molecule has 2 rings (SSSR count). The summed E-state index contributed by atoms with van der Waals surface area (Å²) >= 11 is 0. The van der Waals surface area contributed by atoms with Crippen LogP contribution in [0.2, 0.25) is 0 Å². The van der Waals surface area contributed by atoms with E-state index >= 15 is 0 Å². The molecule has 0 saturated carbocycles. The van der Waals surface area contributed by atoms with Crippen LogP contribution in [0.15, 0.2) is 53.4 Å². The van der Waals surface area contributed by atoms with E-state index in [-0.39, 0.29) is 10.8 Å². The van der Waals surface area contributed by atoms with Crippen molar-refractivity contribution in [3.05, 3.63) is 48.5 Å². The van der Waals surface area contributed by atoms with E-state index in [1.165, 1.54) is 12.1 Å². The number of hydrogen-bond donors (Lipinski definition) is 2. The summed E-state index contributed by atoms with van der Waals surface area (Å²) in [6.45, 7) is 0.694. The first-order valence-corrected chi connectivity index (χ1v) is 10.9. The van der Waals surface area contributed by atoms with E-state index in [1.807, 2.05) is 0 Å². The fourth-order valence-corrected chi connectivity index (χ4v) is 3.17. The maximum Gasteiger partial charge on any atom is 0.224 e. The summed E-state index contributed by atoms with van der Waals surface area (Å²) in [5.41, 5.74) is 6.14. The Balaban J connectivity index is 1.87. The van der Waals surface area contributed by atoms with Crippen molar-refractivity contribution in [3.63, 3.8) is 0 Å². The Kier molecular flexibility index (Phi) is 7.82. The molecule has 0 unspecified atom stereocenters. The van der Waals surface area contributed by atoms with Gasteiger partial charge in [0.15, 0.2) is 9.84 Å². The van der Waals surface area contributed by atoms with Gasteiger partial charge in [0.25, 0.3) is 0 Å². The zero-order valence-corrected chi connectivity index (χ0v) is 16.3. The third kappa shape index (κ3) is 7.40. The van der Waals surface area contributed by atoms with Crippen LogP contribution in [0, 0.1) is 0 Å². The van der Waals surface area contributed by atoms with Crippen LogP contribution in [0.4, 0.5) is 5.69 Å². The fraction of sp³-hybridized carbons (Fsp3) is 0.350. The molecule has 7 heteroatoms. The number of carbonyl (C=O) groups excluding carboxylic acids is 1. The lowest BCUT2D eigenvalue weighted by Gasteiger charge is -2.09. The Bertz CT molecular complexity index is 849. The summed E-state index contributed by atoms with van der Waals surface area (Å²) in [4.78, 5) is 12.1. The van der Waals surface area contributed by atoms with Gasteiger partial charge in [-0.25, -0.2) is 8.42 Å². The number of nitrogens with one attached hydrogen (secondary N) is 1. The summed E-state index contributed by atoms with van der Waals surface area (Å²) in [5.74, 6) is 0.977. The number of unbranched alkanes of at least 4 members (excludes halogenated alkanes) is 3. The van der Waals surface area contributed by atoms with Crippen LogP contribution in [0.5, 0.6) is 11.5 Å². The smallest absolute Gasteiger partial charge is 0.224 e. The molecule has 146 valence electrons. The van der Waals surface area contributed by atoms with Gasteiger partial charge in [-0.1, -0.05) is 18.9 Å². The Morgan fingerprint density at radius 3 is 2.37 bits per heavy atom. The Labute approximate surface area is 160 Å². The maximum atomic E-state index is 11.9. The standard InChI is InChI=1S/C20H26N2O4S/c1-27(24,25)19-8-6-7-18(15-19)26-17-12-10-16(11-13-17)22-20(23)9-4-2-3-5-14-21/h6-8,10-13,15H,2-5,9,14,21H2,1H3,(H,22,23). The summed E-state index contributed by atoms with van der Waals surface area (Å²) < 4.78 is 28.9. The SMILES string of the molecule is CS(=O)(=O)c1cccc(Oc2ccc(NC(=O)CCCCCCN)cc2)c1. The van der Waals surface area contributed by atoms with E-state index in [0.29, 0.717) is 30.2 Å². The average molecular weight is 391 g/mol. The fourth-order valence-electron chi connectivity index (χ4n) is 2.52. The minimum atomic E-state index is -3.28. The van der Waals surface area contributed by atoms with Gasteiger partial charge in [-0.3, -0.25) is 4.79 Å². The highest BCUT2D eigenvalue weighted by Gasteiger charge is 2.08. The lowest BCUT2D eigenvalue weighted by atomic mass is 10.1. The summed E-state index contributed by atoms with van der Waals surface area (Å²) in [7, 11) is -3.28. The molecule has 0 fully saturated rings. The molecule has 0 aliphatic carbocycles. The minimum absolute atomic E-state index is 0.0164. The van der Waals surface area contributed by atoms with Crippen molar-refractivity contribution in [2.24, 2.45) is 5.73 Å². The molecule has 0 aliphatic heterocycles. The van der Waals surface area contributed by atoms with Crippen molar-refractivity contribution in [2.45, 2.75) is 37.0 Å². The van der Waals surface area contributed by atoms with Crippen molar-refractivity contribution >= 4 is 21.4 Å². The zero-order valence-electron chi connectivity index (χ0n) is 15.5. The summed E-state index contributed by atoms with van der Waals surface area (Å²) in [5, 5.41) is 2.85. The first kappa shape index (κ1) is 20.9. The third-order valence-corrected chi connectivity index (χ3v) is 5.08. The number of anilines is 1. The predicted octanol–water partition coefficient (Wildman–Crippen LogP) is 3.73. The lowest BCUT2D eigenvalue weighted by molar-refractivity contribution is -0.116. The Morgan fingerprint density at radius 2 is 1.70 bits per heavy atom. The van der Waals surface area contributed by atoms with E-state index in [9.17, 15) is 13.2 Å². The van der Waals surface area contributed by atoms with Crippen molar-refractivity contribution in [2.75, 3.05) is 18.1 Å². The topological polar surface area (TPSA) is 98.5 Å². The van der Waals surface area contributed by atoms with Crippen LogP contribution in [0.25, 0.3) is 0 Å². The molecular weight excluding hydrogens is 364 g/mol. The monoisotopic (exact) mass is 390 g/mol. The van der Waals surface area contributed by atoms with Crippen molar-refractivity contribution in [3.8, 4) is 11.5 Å². The molecule has 0 saturated heterocycles. The van der Waals surface area contributed by atoms with E-state index < -0.39 is 9.84 Å². The first-order valence-electron chi connectivity index (χ1n) is 8.96. The van der Waals surface area contributed by atoms with Crippen LogP contribution < -0.4 is 15.8 Å². The molecule has 6 nitrogen and oxygen atoms in total. The van der Waals surface area contributed by atoms with Crippen LogP contribution in [0.3, 0.4) is 0 Å². The second kappa shape index (κ2) is 10.1. The predicted molar refractivity (Wildman–Crippen MR) is 107 cm³/mol. The molecule has 0 aliphatic rings. The molecule has 0 bridgehead atoms. The van der Waals surface area contributed by atoms with Crippen LogP contribution >= 0.6 is 0 Å². The van der Waals surface area contributed by atoms with Crippen LogP contribution in [0.1, 0.15) is 32.1 Å². The molecule has 0 atom stereocenters. The number of sulfone groups is 1. The number of rotatable bonds is 10. The Morgan fingerprint density at radius 1 is 1.00 bits per heavy atom. The molecule has 2 aromatic carbocycles. The number of ether oxygens (including phenoxy) is 1. The lowest BCUT2D eigenvalue weighted by Crippen LogP contribution is -2.11. The van der Waals surface area contributed by atoms with Crippen molar-refractivity contribution < 1.29 is 17.9 Å². The molecule has 0 radical (unpaired) electrons. The number of amides is 1. The largest absolute Gasteiger partial charge is 0.457 e. The molecular formula is C20H26N2O4S. The number of hydrogen-bond acceptors (Lipinski definition) is 5. The van der Waals surface area contributed by atoms with Gasteiger partial charge >= 0.3 is 0 Å². The molecule has 0 aromatic heterocycles. The van der Waals surface area contributed by atoms with Crippen molar-refractivity contribution in [1.29, 1.82) is 0 Å². The second-order valence-corrected chi connectivity index (χ2v) is 8.39. The highest BCUT2D eigenvalue weighted by Crippen LogP contribution is 2.25. The van der Waals surface area contributed by atoms with Gasteiger partial charge in [0.2, 0.25) is 5.91 Å². The van der Waals surface area contributed by atoms with Gasteiger partial charge in [-0.05, 0) is 61.9 Å². The molecule has 3 N–H and O–H groups in total. The van der Waals surface area contributed by atoms with E-state index in [0.717, 1.165) is 31.9 Å². The van der Waals surface area contributed by atoms with Crippen molar-refractivity contribution in [1.82, 2.24) is 0 Å². The van der Waals surface area contributed by atoms with Gasteiger partial charge in [0.05, 0.1) is 4.90 Å². The quantitative estimate of drug-likeness (QED) is 0.602. The van der Waals surface area contributed by atoms with E-state index in [1.54, 1.807) is 36.4 Å². The second-order valence-electron chi connectivity index (χ2n) is 6.37. The van der Waals surface area contributed by atoms with Crippen LogP contribution in [-0.2, 0) is 14.6 Å². The Hall–Kier alpha value is -2.38. The average Bonchev–Trinajstić information content (AvgIpc) is 2.63. The number of carbonyl (C=O) groups is 1. The number of benzene rings is 2. The molecule has 27 heavy (non-hydrogen) atoms. The van der Waals surface area contributed by atoms with Gasteiger partial charge < -0.3 is 15.8 Å². The highest BCUT2D eigenvalue weighted by atomic mass is 32.2. The molecule has 0 spiro atoms. The van der Waals surface area contributed by atoms with Gasteiger partial charge in [0, 0.05) is 18.4 Å². The summed E-state index contributed by atoms with van der Waals surface area (Å²) in [6, 6.07) is 13.3. The van der Waals surface area contributed by atoms with Crippen LogP contribution in [-0.4, -0.2) is 27.1 Å². The molecule has 1 amide bonds. The van der Waals surface area contributed by atoms with Gasteiger partial charge in [-0.15, -0.1) is 0 Å². The highest BCUT2D eigenvalue weighted by molar-refractivity contribution is 7.90. The van der Waals surface area contributed by atoms with E-state index in [2.05, 4.69) is 5.32 Å². The minimum Gasteiger partial charge on any atom is -0.457 e.